The van der Waals surface area contributed by atoms with Gasteiger partial charge in [-0.25, -0.2) is 0 Å². The first-order valence-corrected chi connectivity index (χ1v) is 7.17. The fourth-order valence-electron chi connectivity index (χ4n) is 3.52. The van der Waals surface area contributed by atoms with E-state index < -0.39 is 0 Å². The van der Waals surface area contributed by atoms with Crippen molar-refractivity contribution in [3.63, 3.8) is 0 Å². The Kier molecular flexibility index (Phi) is 3.11. The number of carbonyl (C=O) groups is 1. The average molecular weight is 243 g/mol. The zero-order valence-electron chi connectivity index (χ0n) is 11.0. The van der Waals surface area contributed by atoms with E-state index in [9.17, 15) is 4.79 Å². The van der Waals surface area contributed by atoms with Crippen molar-refractivity contribution < 1.29 is 4.79 Å². The number of anilines is 1. The van der Waals surface area contributed by atoms with Crippen molar-refractivity contribution in [2.75, 3.05) is 5.32 Å². The molecule has 1 saturated carbocycles. The molecule has 2 heteroatoms. The van der Waals surface area contributed by atoms with Crippen LogP contribution >= 0.6 is 0 Å². The maximum Gasteiger partial charge on any atom is 0.232 e. The lowest BCUT2D eigenvalue weighted by atomic mass is 9.82. The van der Waals surface area contributed by atoms with Crippen LogP contribution in [0.15, 0.2) is 18.2 Å². The number of aryl methyl sites for hydroxylation is 1. The first kappa shape index (κ1) is 11.8. The predicted octanol–water partition coefficient (Wildman–Crippen LogP) is 4.00. The SMILES string of the molecule is Cc1ccc2c(c1)C(C1CCCCCC1)C(=O)N2. The van der Waals surface area contributed by atoms with Crippen LogP contribution in [0.1, 0.15) is 55.6 Å². The van der Waals surface area contributed by atoms with E-state index in [2.05, 4.69) is 30.4 Å². The van der Waals surface area contributed by atoms with Gasteiger partial charge < -0.3 is 5.32 Å². The molecule has 1 heterocycles. The normalized spacial score (nSPS) is 24.5. The van der Waals surface area contributed by atoms with E-state index >= 15 is 0 Å². The zero-order chi connectivity index (χ0) is 12.5. The summed E-state index contributed by atoms with van der Waals surface area (Å²) in [4.78, 5) is 12.2. The quantitative estimate of drug-likeness (QED) is 0.742. The third kappa shape index (κ3) is 2.05. The van der Waals surface area contributed by atoms with Crippen LogP contribution in [-0.2, 0) is 4.79 Å². The molecule has 0 radical (unpaired) electrons. The second-order valence-electron chi connectivity index (χ2n) is 5.81. The molecule has 1 aromatic rings. The lowest BCUT2D eigenvalue weighted by Crippen LogP contribution is -2.20. The molecule has 96 valence electrons. The summed E-state index contributed by atoms with van der Waals surface area (Å²) in [5.74, 6) is 0.885. The highest BCUT2D eigenvalue weighted by atomic mass is 16.2. The van der Waals surface area contributed by atoms with E-state index in [0.717, 1.165) is 5.69 Å². The first-order chi connectivity index (χ1) is 8.75. The molecule has 1 unspecified atom stereocenters. The highest BCUT2D eigenvalue weighted by Gasteiger charge is 2.36. The molecule has 1 fully saturated rings. The molecule has 1 amide bonds. The van der Waals surface area contributed by atoms with Gasteiger partial charge in [-0.05, 0) is 37.3 Å². The molecule has 2 aliphatic rings. The van der Waals surface area contributed by atoms with Crippen molar-refractivity contribution >= 4 is 11.6 Å². The molecular weight excluding hydrogens is 222 g/mol. The lowest BCUT2D eigenvalue weighted by molar-refractivity contribution is -0.118. The van der Waals surface area contributed by atoms with Gasteiger partial charge in [-0.15, -0.1) is 0 Å². The number of amides is 1. The van der Waals surface area contributed by atoms with Gasteiger partial charge in [0, 0.05) is 5.69 Å². The summed E-state index contributed by atoms with van der Waals surface area (Å²) in [5, 5.41) is 3.05. The van der Waals surface area contributed by atoms with Crippen LogP contribution in [-0.4, -0.2) is 5.91 Å². The van der Waals surface area contributed by atoms with Gasteiger partial charge in [-0.3, -0.25) is 4.79 Å². The van der Waals surface area contributed by atoms with Gasteiger partial charge in [-0.1, -0.05) is 43.4 Å². The van der Waals surface area contributed by atoms with Gasteiger partial charge in [0.2, 0.25) is 5.91 Å². The summed E-state index contributed by atoms with van der Waals surface area (Å²) < 4.78 is 0. The van der Waals surface area contributed by atoms with Crippen LogP contribution in [0.2, 0.25) is 0 Å². The second-order valence-corrected chi connectivity index (χ2v) is 5.81. The van der Waals surface area contributed by atoms with Gasteiger partial charge in [0.15, 0.2) is 0 Å². The van der Waals surface area contributed by atoms with Crippen molar-refractivity contribution in [3.8, 4) is 0 Å². The van der Waals surface area contributed by atoms with Gasteiger partial charge in [0.05, 0.1) is 5.92 Å². The Labute approximate surface area is 109 Å². The topological polar surface area (TPSA) is 29.1 Å². The number of nitrogens with one attached hydrogen (secondary N) is 1. The smallest absolute Gasteiger partial charge is 0.232 e. The molecule has 3 rings (SSSR count). The van der Waals surface area contributed by atoms with Crippen LogP contribution in [0.4, 0.5) is 5.69 Å². The van der Waals surface area contributed by atoms with E-state index in [1.807, 2.05) is 0 Å². The number of carbonyl (C=O) groups excluding carboxylic acids is 1. The maximum atomic E-state index is 12.2. The Morgan fingerprint density at radius 2 is 1.83 bits per heavy atom. The highest BCUT2D eigenvalue weighted by molar-refractivity contribution is 6.03. The van der Waals surface area contributed by atoms with Crippen molar-refractivity contribution in [1.82, 2.24) is 0 Å². The van der Waals surface area contributed by atoms with E-state index in [0.29, 0.717) is 5.92 Å². The zero-order valence-corrected chi connectivity index (χ0v) is 11.0. The summed E-state index contributed by atoms with van der Waals surface area (Å²) >= 11 is 0. The van der Waals surface area contributed by atoms with E-state index in [1.165, 1.54) is 49.7 Å². The second kappa shape index (κ2) is 4.75. The Morgan fingerprint density at radius 1 is 1.11 bits per heavy atom. The number of hydrogen-bond donors (Lipinski definition) is 1. The summed E-state index contributed by atoms with van der Waals surface area (Å²) in [6, 6.07) is 6.33. The largest absolute Gasteiger partial charge is 0.325 e. The molecule has 1 aromatic carbocycles. The van der Waals surface area contributed by atoms with Crippen molar-refractivity contribution in [2.24, 2.45) is 5.92 Å². The molecule has 0 saturated heterocycles. The molecular formula is C16H21NO. The van der Waals surface area contributed by atoms with Gasteiger partial charge in [0.1, 0.15) is 0 Å². The molecule has 1 aliphatic carbocycles. The summed E-state index contributed by atoms with van der Waals surface area (Å²) in [5.41, 5.74) is 3.54. The third-order valence-corrected chi connectivity index (χ3v) is 4.45. The van der Waals surface area contributed by atoms with E-state index in [1.54, 1.807) is 0 Å². The maximum absolute atomic E-state index is 12.2. The Bertz CT molecular complexity index is 458. The standard InChI is InChI=1S/C16H21NO/c1-11-8-9-14-13(10-11)15(16(18)17-14)12-6-4-2-3-5-7-12/h8-10,12,15H,2-7H2,1H3,(H,17,18). The molecule has 0 spiro atoms. The van der Waals surface area contributed by atoms with Gasteiger partial charge in [0.25, 0.3) is 0 Å². The molecule has 1 N–H and O–H groups in total. The Hall–Kier alpha value is -1.31. The molecule has 0 aromatic heterocycles. The number of benzene rings is 1. The predicted molar refractivity (Wildman–Crippen MR) is 73.7 cm³/mol. The molecule has 1 aliphatic heterocycles. The van der Waals surface area contributed by atoms with Crippen LogP contribution in [0.25, 0.3) is 0 Å². The van der Waals surface area contributed by atoms with Crippen LogP contribution < -0.4 is 5.32 Å². The average Bonchev–Trinajstić information content (AvgIpc) is 2.55. The first-order valence-electron chi connectivity index (χ1n) is 7.17. The summed E-state index contributed by atoms with van der Waals surface area (Å²) in [7, 11) is 0. The molecule has 0 bridgehead atoms. The highest BCUT2D eigenvalue weighted by Crippen LogP contribution is 2.42. The number of fused-ring (bicyclic) bond motifs is 1. The van der Waals surface area contributed by atoms with E-state index in [-0.39, 0.29) is 11.8 Å². The minimum atomic E-state index is 0.109. The molecule has 2 nitrogen and oxygen atoms in total. The van der Waals surface area contributed by atoms with Crippen LogP contribution in [0.5, 0.6) is 0 Å². The van der Waals surface area contributed by atoms with Crippen LogP contribution in [0, 0.1) is 12.8 Å². The monoisotopic (exact) mass is 243 g/mol. The summed E-state index contributed by atoms with van der Waals surface area (Å²) in [6.07, 6.45) is 7.68. The molecule has 18 heavy (non-hydrogen) atoms. The van der Waals surface area contributed by atoms with Crippen LogP contribution in [0.3, 0.4) is 0 Å². The van der Waals surface area contributed by atoms with Gasteiger partial charge in [-0.2, -0.15) is 0 Å². The van der Waals surface area contributed by atoms with Crippen molar-refractivity contribution in [3.05, 3.63) is 29.3 Å². The number of hydrogen-bond acceptors (Lipinski definition) is 1. The minimum absolute atomic E-state index is 0.109. The fraction of sp³-hybridized carbons (Fsp3) is 0.562. The molecule has 1 atom stereocenters. The Morgan fingerprint density at radius 3 is 2.56 bits per heavy atom. The van der Waals surface area contributed by atoms with E-state index in [4.69, 9.17) is 0 Å². The van der Waals surface area contributed by atoms with Crippen molar-refractivity contribution in [2.45, 2.75) is 51.4 Å². The van der Waals surface area contributed by atoms with Crippen molar-refractivity contribution in [1.29, 1.82) is 0 Å². The number of rotatable bonds is 1. The minimum Gasteiger partial charge on any atom is -0.325 e. The summed E-state index contributed by atoms with van der Waals surface area (Å²) in [6.45, 7) is 2.10. The fourth-order valence-corrected chi connectivity index (χ4v) is 3.52. The lowest BCUT2D eigenvalue weighted by Gasteiger charge is -2.20. The third-order valence-electron chi connectivity index (χ3n) is 4.45. The van der Waals surface area contributed by atoms with Gasteiger partial charge >= 0.3 is 0 Å². The Balaban J connectivity index is 1.92.